The lowest BCUT2D eigenvalue weighted by atomic mass is 9.91. The summed E-state index contributed by atoms with van der Waals surface area (Å²) < 4.78 is 0. The van der Waals surface area contributed by atoms with Gasteiger partial charge in [0, 0.05) is 6.54 Å². The molecule has 5 heteroatoms. The molecule has 0 aromatic heterocycles. The van der Waals surface area contributed by atoms with E-state index >= 15 is 0 Å². The second-order valence-corrected chi connectivity index (χ2v) is 6.11. The lowest BCUT2D eigenvalue weighted by molar-refractivity contribution is -0.148. The van der Waals surface area contributed by atoms with Crippen molar-refractivity contribution in [3.05, 3.63) is 35.4 Å². The highest BCUT2D eigenvalue weighted by Gasteiger charge is 2.49. The maximum Gasteiger partial charge on any atom is 0.329 e. The van der Waals surface area contributed by atoms with E-state index < -0.39 is 17.6 Å². The van der Waals surface area contributed by atoms with Crippen molar-refractivity contribution < 1.29 is 14.7 Å². The molecule has 2 atom stereocenters. The number of rotatable bonds is 4. The molecule has 0 saturated heterocycles. The van der Waals surface area contributed by atoms with Gasteiger partial charge in [-0.3, -0.25) is 4.79 Å². The molecule has 2 unspecified atom stereocenters. The van der Waals surface area contributed by atoms with Crippen LogP contribution in [0, 0.1) is 5.92 Å². The standard InChI is InChI=1S/C16H20N2O3/c1-16(15(20)21,11-6-7-11)18-14(19)13-12-5-3-2-4-10(12)8-9-17-13/h2-5,11,13,17H,6-9H2,1H3,(H,18,19)(H,20,21). The number of carbonyl (C=O) groups excluding carboxylic acids is 1. The van der Waals surface area contributed by atoms with Crippen molar-refractivity contribution in [2.75, 3.05) is 6.54 Å². The monoisotopic (exact) mass is 288 g/mol. The Morgan fingerprint density at radius 3 is 2.71 bits per heavy atom. The molecule has 2 aliphatic rings. The summed E-state index contributed by atoms with van der Waals surface area (Å²) in [6, 6.07) is 7.36. The number of amides is 1. The Morgan fingerprint density at radius 2 is 2.05 bits per heavy atom. The SMILES string of the molecule is CC(NC(=O)C1NCCc2ccccc21)(C(=O)O)C1CC1. The molecule has 1 aliphatic heterocycles. The summed E-state index contributed by atoms with van der Waals surface area (Å²) in [5.41, 5.74) is 0.940. The van der Waals surface area contributed by atoms with E-state index in [2.05, 4.69) is 10.6 Å². The molecule has 0 bridgehead atoms. The van der Waals surface area contributed by atoms with Crippen LogP contribution in [0.2, 0.25) is 0 Å². The van der Waals surface area contributed by atoms with Gasteiger partial charge in [-0.1, -0.05) is 24.3 Å². The van der Waals surface area contributed by atoms with E-state index in [1.165, 1.54) is 0 Å². The van der Waals surface area contributed by atoms with Crippen LogP contribution in [0.25, 0.3) is 0 Å². The smallest absolute Gasteiger partial charge is 0.329 e. The second-order valence-electron chi connectivity index (χ2n) is 6.11. The fourth-order valence-corrected chi connectivity index (χ4v) is 3.06. The molecule has 3 rings (SSSR count). The molecule has 1 aromatic rings. The van der Waals surface area contributed by atoms with Crippen molar-refractivity contribution >= 4 is 11.9 Å². The van der Waals surface area contributed by atoms with E-state index in [1.54, 1.807) is 6.92 Å². The van der Waals surface area contributed by atoms with E-state index in [4.69, 9.17) is 0 Å². The number of carboxylic acid groups (broad SMARTS) is 1. The van der Waals surface area contributed by atoms with Gasteiger partial charge in [0.15, 0.2) is 0 Å². The van der Waals surface area contributed by atoms with Gasteiger partial charge < -0.3 is 15.7 Å². The van der Waals surface area contributed by atoms with Crippen molar-refractivity contribution in [2.45, 2.75) is 37.8 Å². The first kappa shape index (κ1) is 14.1. The van der Waals surface area contributed by atoms with Crippen molar-refractivity contribution in [3.8, 4) is 0 Å². The third kappa shape index (κ3) is 2.53. The molecular weight excluding hydrogens is 268 g/mol. The molecule has 1 heterocycles. The number of fused-ring (bicyclic) bond motifs is 1. The first-order chi connectivity index (χ1) is 10.0. The molecule has 1 aromatic carbocycles. The lowest BCUT2D eigenvalue weighted by Gasteiger charge is -2.31. The van der Waals surface area contributed by atoms with Crippen LogP contribution in [-0.2, 0) is 16.0 Å². The summed E-state index contributed by atoms with van der Waals surface area (Å²) in [5.74, 6) is -1.17. The minimum Gasteiger partial charge on any atom is -0.480 e. The predicted octanol–water partition coefficient (Wildman–Crippen LogP) is 1.24. The third-order valence-electron chi connectivity index (χ3n) is 4.59. The van der Waals surface area contributed by atoms with Crippen molar-refractivity contribution in [3.63, 3.8) is 0 Å². The topological polar surface area (TPSA) is 78.4 Å². The van der Waals surface area contributed by atoms with Gasteiger partial charge in [0.2, 0.25) is 5.91 Å². The molecule has 0 radical (unpaired) electrons. The van der Waals surface area contributed by atoms with E-state index in [0.29, 0.717) is 0 Å². The quantitative estimate of drug-likeness (QED) is 0.779. The molecule has 3 N–H and O–H groups in total. The zero-order chi connectivity index (χ0) is 15.0. The molecule has 1 amide bonds. The Bertz CT molecular complexity index is 583. The molecule has 1 aliphatic carbocycles. The molecule has 21 heavy (non-hydrogen) atoms. The molecular formula is C16H20N2O3. The number of carbonyl (C=O) groups is 2. The van der Waals surface area contributed by atoms with Crippen LogP contribution in [-0.4, -0.2) is 29.1 Å². The summed E-state index contributed by atoms with van der Waals surface area (Å²) in [7, 11) is 0. The number of hydrogen-bond donors (Lipinski definition) is 3. The van der Waals surface area contributed by atoms with Crippen LogP contribution in [0.15, 0.2) is 24.3 Å². The van der Waals surface area contributed by atoms with Crippen molar-refractivity contribution in [2.24, 2.45) is 5.92 Å². The number of benzene rings is 1. The fraction of sp³-hybridized carbons (Fsp3) is 0.500. The van der Waals surface area contributed by atoms with E-state index in [1.807, 2.05) is 24.3 Å². The molecule has 5 nitrogen and oxygen atoms in total. The highest BCUT2D eigenvalue weighted by atomic mass is 16.4. The fourth-order valence-electron chi connectivity index (χ4n) is 3.06. The lowest BCUT2D eigenvalue weighted by Crippen LogP contribution is -2.57. The van der Waals surface area contributed by atoms with Crippen LogP contribution >= 0.6 is 0 Å². The average Bonchev–Trinajstić information content (AvgIpc) is 3.31. The number of carboxylic acids is 1. The minimum atomic E-state index is -1.16. The van der Waals surface area contributed by atoms with Gasteiger partial charge in [-0.25, -0.2) is 4.79 Å². The normalized spacial score (nSPS) is 23.8. The van der Waals surface area contributed by atoms with Gasteiger partial charge in [-0.15, -0.1) is 0 Å². The van der Waals surface area contributed by atoms with E-state index in [-0.39, 0.29) is 11.8 Å². The Hall–Kier alpha value is -1.88. The third-order valence-corrected chi connectivity index (χ3v) is 4.59. The van der Waals surface area contributed by atoms with Gasteiger partial charge in [0.05, 0.1) is 0 Å². The number of aliphatic carboxylic acids is 1. The Morgan fingerprint density at radius 1 is 1.33 bits per heavy atom. The van der Waals surface area contributed by atoms with Crippen LogP contribution in [0.4, 0.5) is 0 Å². The maximum atomic E-state index is 12.6. The van der Waals surface area contributed by atoms with Gasteiger partial charge in [-0.05, 0) is 43.2 Å². The number of hydrogen-bond acceptors (Lipinski definition) is 3. The molecule has 1 saturated carbocycles. The Labute approximate surface area is 123 Å². The zero-order valence-electron chi connectivity index (χ0n) is 12.1. The summed E-state index contributed by atoms with van der Waals surface area (Å²) in [4.78, 5) is 24.1. The Kier molecular flexibility index (Phi) is 3.45. The van der Waals surface area contributed by atoms with Crippen LogP contribution < -0.4 is 10.6 Å². The maximum absolute atomic E-state index is 12.6. The first-order valence-electron chi connectivity index (χ1n) is 7.39. The largest absolute Gasteiger partial charge is 0.480 e. The van der Waals surface area contributed by atoms with Gasteiger partial charge >= 0.3 is 5.97 Å². The number of nitrogens with one attached hydrogen (secondary N) is 2. The van der Waals surface area contributed by atoms with E-state index in [0.717, 1.165) is 36.9 Å². The Balaban J connectivity index is 1.82. The van der Waals surface area contributed by atoms with Gasteiger partial charge in [-0.2, -0.15) is 0 Å². The first-order valence-corrected chi connectivity index (χ1v) is 7.39. The zero-order valence-corrected chi connectivity index (χ0v) is 12.1. The van der Waals surface area contributed by atoms with Crippen LogP contribution in [0.3, 0.4) is 0 Å². The predicted molar refractivity (Wildman–Crippen MR) is 77.8 cm³/mol. The van der Waals surface area contributed by atoms with Gasteiger partial charge in [0.25, 0.3) is 0 Å². The van der Waals surface area contributed by atoms with Crippen LogP contribution in [0.1, 0.15) is 36.9 Å². The summed E-state index contributed by atoms with van der Waals surface area (Å²) >= 11 is 0. The summed E-state index contributed by atoms with van der Waals surface area (Å²) in [6.07, 6.45) is 2.61. The average molecular weight is 288 g/mol. The second kappa shape index (κ2) is 5.15. The summed E-state index contributed by atoms with van der Waals surface area (Å²) in [6.45, 7) is 2.34. The summed E-state index contributed by atoms with van der Waals surface area (Å²) in [5, 5.41) is 15.4. The van der Waals surface area contributed by atoms with Crippen molar-refractivity contribution in [1.29, 1.82) is 0 Å². The van der Waals surface area contributed by atoms with E-state index in [9.17, 15) is 14.7 Å². The highest BCUT2D eigenvalue weighted by Crippen LogP contribution is 2.40. The molecule has 1 fully saturated rings. The van der Waals surface area contributed by atoms with Gasteiger partial charge in [0.1, 0.15) is 11.6 Å². The van der Waals surface area contributed by atoms with Crippen molar-refractivity contribution in [1.82, 2.24) is 10.6 Å². The molecule has 0 spiro atoms. The highest BCUT2D eigenvalue weighted by molar-refractivity contribution is 5.90. The minimum absolute atomic E-state index is 0.0396. The molecule has 112 valence electrons. The van der Waals surface area contributed by atoms with Crippen LogP contribution in [0.5, 0.6) is 0 Å².